The zero-order valence-corrected chi connectivity index (χ0v) is 12.1. The van der Waals surface area contributed by atoms with Crippen molar-refractivity contribution in [2.24, 2.45) is 0 Å². The molecule has 1 rings (SSSR count). The number of benzene rings is 1. The average molecular weight is 253 g/mol. The normalized spacial score (nSPS) is 13.5. The van der Waals surface area contributed by atoms with Crippen LogP contribution in [0.1, 0.15) is 16.8 Å². The molecule has 1 aromatic rings. The third-order valence-corrected chi connectivity index (χ3v) is 5.24. The quantitative estimate of drug-likeness (QED) is 0.639. The van der Waals surface area contributed by atoms with E-state index in [4.69, 9.17) is 12.2 Å². The maximum Gasteiger partial charge on any atom is 0.188 e. The maximum absolute atomic E-state index is 9.19. The van der Waals surface area contributed by atoms with Crippen LogP contribution in [-0.4, -0.2) is 25.3 Å². The Bertz CT molecular complexity index is 370. The summed E-state index contributed by atoms with van der Waals surface area (Å²) in [4.78, 5) is 0. The molecular formula is C12H19NOSSi. The topological polar surface area (TPSA) is 32.3 Å². The lowest BCUT2D eigenvalue weighted by molar-refractivity contribution is 0.571. The van der Waals surface area contributed by atoms with Gasteiger partial charge in [0.25, 0.3) is 0 Å². The van der Waals surface area contributed by atoms with Crippen molar-refractivity contribution in [1.29, 1.82) is 0 Å². The molecule has 0 aliphatic rings. The van der Waals surface area contributed by atoms with Crippen molar-refractivity contribution in [3.05, 3.63) is 35.4 Å². The summed E-state index contributed by atoms with van der Waals surface area (Å²) >= 11 is 4.72. The summed E-state index contributed by atoms with van der Waals surface area (Å²) in [6.07, 6.45) is 0. The van der Waals surface area contributed by atoms with Crippen molar-refractivity contribution in [3.8, 4) is 0 Å². The van der Waals surface area contributed by atoms with E-state index >= 15 is 0 Å². The van der Waals surface area contributed by atoms with Crippen LogP contribution < -0.4 is 5.32 Å². The Morgan fingerprint density at radius 2 is 1.75 bits per heavy atom. The summed E-state index contributed by atoms with van der Waals surface area (Å²) in [5.41, 5.74) is 2.40. The van der Waals surface area contributed by atoms with Gasteiger partial charge in [-0.25, -0.2) is 0 Å². The van der Waals surface area contributed by atoms with Crippen molar-refractivity contribution < 1.29 is 5.11 Å². The lowest BCUT2D eigenvalue weighted by Gasteiger charge is -2.29. The number of aliphatic hydroxyl groups excluding tert-OH is 1. The van der Waals surface area contributed by atoms with Crippen molar-refractivity contribution in [2.45, 2.75) is 25.3 Å². The van der Waals surface area contributed by atoms with Crippen LogP contribution in [0.5, 0.6) is 0 Å². The average Bonchev–Trinajstić information content (AvgIpc) is 2.17. The molecule has 0 saturated carbocycles. The Hall–Kier alpha value is -0.713. The monoisotopic (exact) mass is 253 g/mol. The van der Waals surface area contributed by atoms with Crippen LogP contribution in [0, 0.1) is 0 Å². The molecule has 2 N–H and O–H groups in total. The van der Waals surface area contributed by atoms with Crippen molar-refractivity contribution in [1.82, 2.24) is 5.32 Å². The van der Waals surface area contributed by atoms with Crippen molar-refractivity contribution in [3.63, 3.8) is 0 Å². The Labute approximate surface area is 104 Å². The second-order valence-electron chi connectivity index (χ2n) is 5.01. The molecule has 0 heterocycles. The lowest BCUT2D eigenvalue weighted by atomic mass is 10.1. The van der Waals surface area contributed by atoms with E-state index in [-0.39, 0.29) is 5.05 Å². The molecule has 0 spiro atoms. The first-order chi connectivity index (χ1) is 7.36. The minimum absolute atomic E-state index is 0.0411. The molecule has 0 aliphatic heterocycles. The summed E-state index contributed by atoms with van der Waals surface area (Å²) in [5.74, 6) is 0. The van der Waals surface area contributed by atoms with Crippen LogP contribution in [-0.2, 0) is 0 Å². The molecule has 0 aliphatic carbocycles. The van der Waals surface area contributed by atoms with Crippen LogP contribution in [0.15, 0.2) is 24.3 Å². The van der Waals surface area contributed by atoms with Crippen LogP contribution in [0.25, 0.3) is 0 Å². The minimum atomic E-state index is -1.28. The van der Waals surface area contributed by atoms with Crippen LogP contribution in [0.2, 0.25) is 19.6 Å². The smallest absolute Gasteiger partial charge is 0.188 e. The highest BCUT2D eigenvalue weighted by molar-refractivity contribution is 7.80. The Kier molecular flexibility index (Phi) is 4.24. The first-order valence-corrected chi connectivity index (χ1v) is 9.35. The highest BCUT2D eigenvalue weighted by atomic mass is 32.1. The van der Waals surface area contributed by atoms with E-state index in [0.717, 1.165) is 0 Å². The predicted octanol–water partition coefficient (Wildman–Crippen LogP) is 3.06. The van der Waals surface area contributed by atoms with E-state index in [1.54, 1.807) is 0 Å². The molecule has 1 atom stereocenters. The zero-order chi connectivity index (χ0) is 12.3. The number of nitrogens with one attached hydrogen (secondary N) is 1. The number of hydrogen-bond donors (Lipinski definition) is 2. The molecule has 0 fully saturated rings. The minimum Gasteiger partial charge on any atom is -0.499 e. The molecule has 0 amide bonds. The second-order valence-corrected chi connectivity index (χ2v) is 10.7. The molecule has 2 nitrogen and oxygen atoms in total. The van der Waals surface area contributed by atoms with Gasteiger partial charge in [0.15, 0.2) is 5.05 Å². The summed E-state index contributed by atoms with van der Waals surface area (Å²) in [7, 11) is 0.715. The predicted molar refractivity (Wildman–Crippen MR) is 75.9 cm³/mol. The van der Waals surface area contributed by atoms with Gasteiger partial charge in [-0.1, -0.05) is 43.9 Å². The van der Waals surface area contributed by atoms with Gasteiger partial charge in [-0.2, -0.15) is 0 Å². The molecule has 1 unspecified atom stereocenters. The first-order valence-electron chi connectivity index (χ1n) is 5.37. The highest BCUT2D eigenvalue weighted by Crippen LogP contribution is 2.24. The highest BCUT2D eigenvalue weighted by Gasteiger charge is 2.26. The van der Waals surface area contributed by atoms with Crippen LogP contribution in [0.3, 0.4) is 0 Å². The van der Waals surface area contributed by atoms with Gasteiger partial charge in [-0.15, -0.1) is 0 Å². The third kappa shape index (κ3) is 3.14. The summed E-state index contributed by atoms with van der Waals surface area (Å²) in [6.45, 7) is 7.00. The molecule has 0 bridgehead atoms. The van der Waals surface area contributed by atoms with E-state index in [0.29, 0.717) is 11.2 Å². The van der Waals surface area contributed by atoms with Gasteiger partial charge in [-0.3, -0.25) is 0 Å². The lowest BCUT2D eigenvalue weighted by Crippen LogP contribution is -2.39. The largest absolute Gasteiger partial charge is 0.499 e. The number of aliphatic hydroxyl groups is 1. The first kappa shape index (κ1) is 13.4. The van der Waals surface area contributed by atoms with Gasteiger partial charge in [0.2, 0.25) is 0 Å². The Morgan fingerprint density at radius 3 is 2.06 bits per heavy atom. The number of hydrogen-bond acceptors (Lipinski definition) is 2. The van der Waals surface area contributed by atoms with Gasteiger partial charge in [0.05, 0.1) is 8.07 Å². The molecule has 1 aromatic carbocycles. The molecule has 16 heavy (non-hydrogen) atoms. The van der Waals surface area contributed by atoms with Crippen LogP contribution in [0.4, 0.5) is 0 Å². The summed E-state index contributed by atoms with van der Waals surface area (Å²) in [5, 5.41) is 12.5. The van der Waals surface area contributed by atoms with E-state index in [1.165, 1.54) is 5.56 Å². The number of rotatable bonds is 4. The Morgan fingerprint density at radius 1 is 1.25 bits per heavy atom. The molecule has 0 saturated heterocycles. The molecule has 0 aromatic heterocycles. The fraction of sp³-hybridized carbons (Fsp3) is 0.417. The fourth-order valence-electron chi connectivity index (χ4n) is 1.92. The van der Waals surface area contributed by atoms with E-state index < -0.39 is 8.07 Å². The van der Waals surface area contributed by atoms with E-state index in [1.807, 2.05) is 31.3 Å². The molecule has 0 radical (unpaired) electrons. The molecule has 88 valence electrons. The van der Waals surface area contributed by atoms with Gasteiger partial charge in [0, 0.05) is 11.2 Å². The van der Waals surface area contributed by atoms with E-state index in [9.17, 15) is 5.11 Å². The van der Waals surface area contributed by atoms with Gasteiger partial charge < -0.3 is 10.4 Å². The standard InChI is InChI=1S/C12H19NOSSi/c1-13-11(16(2,3)4)9-5-7-10(8-6-9)12(14)15/h5-8,11,13H,1-4H3,(H,14,15). The van der Waals surface area contributed by atoms with E-state index in [2.05, 4.69) is 25.0 Å². The number of thiocarbonyl (C=S) groups is 1. The summed E-state index contributed by atoms with van der Waals surface area (Å²) in [6, 6.07) is 7.83. The zero-order valence-electron chi connectivity index (χ0n) is 10.2. The van der Waals surface area contributed by atoms with Gasteiger partial charge in [-0.05, 0) is 24.8 Å². The fourth-order valence-corrected chi connectivity index (χ4v) is 4.11. The summed E-state index contributed by atoms with van der Waals surface area (Å²) < 4.78 is 0. The SMILES string of the molecule is CNC(c1ccc(C(O)=S)cc1)[Si](C)(C)C. The maximum atomic E-state index is 9.19. The van der Waals surface area contributed by atoms with Gasteiger partial charge >= 0.3 is 0 Å². The third-order valence-electron chi connectivity index (χ3n) is 2.65. The van der Waals surface area contributed by atoms with Gasteiger partial charge in [0.1, 0.15) is 0 Å². The van der Waals surface area contributed by atoms with Crippen molar-refractivity contribution in [2.75, 3.05) is 7.05 Å². The van der Waals surface area contributed by atoms with Crippen molar-refractivity contribution >= 4 is 25.3 Å². The molecular weight excluding hydrogens is 234 g/mol. The van der Waals surface area contributed by atoms with Crippen LogP contribution >= 0.6 is 12.2 Å². The Balaban J connectivity index is 3.00. The second kappa shape index (κ2) is 5.08. The molecule has 4 heteroatoms.